The zero-order valence-corrected chi connectivity index (χ0v) is 19.4. The number of imidazole rings is 1. The highest BCUT2D eigenvalue weighted by Gasteiger charge is 2.44. The van der Waals surface area contributed by atoms with E-state index in [0.717, 1.165) is 49.7 Å². The lowest BCUT2D eigenvalue weighted by Gasteiger charge is -2.17. The van der Waals surface area contributed by atoms with Crippen molar-refractivity contribution in [1.82, 2.24) is 18.8 Å². The van der Waals surface area contributed by atoms with E-state index in [1.807, 2.05) is 0 Å². The Bertz CT molecular complexity index is 1010. The van der Waals surface area contributed by atoms with Crippen molar-refractivity contribution in [2.75, 3.05) is 6.61 Å². The Kier molecular flexibility index (Phi) is 9.07. The number of hydrogen-bond acceptors (Lipinski definition) is 8. The minimum Gasteiger partial charge on any atom is -0.394 e. The molecule has 11 heteroatoms. The van der Waals surface area contributed by atoms with E-state index in [1.54, 1.807) is 0 Å². The van der Waals surface area contributed by atoms with Crippen LogP contribution in [0.3, 0.4) is 0 Å². The van der Waals surface area contributed by atoms with Crippen molar-refractivity contribution in [2.24, 2.45) is 0 Å². The fraction of sp³-hybridized carbons (Fsp3) is 0.773. The van der Waals surface area contributed by atoms with E-state index in [4.69, 9.17) is 9.57 Å². The van der Waals surface area contributed by atoms with Gasteiger partial charge in [0, 0.05) is 13.1 Å². The smallest absolute Gasteiger partial charge is 0.332 e. The van der Waals surface area contributed by atoms with E-state index in [2.05, 4.69) is 18.8 Å². The van der Waals surface area contributed by atoms with Crippen LogP contribution in [0.4, 0.5) is 0 Å². The summed E-state index contributed by atoms with van der Waals surface area (Å²) < 4.78 is 9.17. The first kappa shape index (κ1) is 25.4. The molecular formula is C22H36N4O7. The molecule has 0 radical (unpaired) electrons. The molecular weight excluding hydrogens is 432 g/mol. The zero-order chi connectivity index (χ0) is 24.0. The number of aliphatic hydroxyl groups excluding tert-OH is 3. The molecule has 1 aliphatic rings. The Morgan fingerprint density at radius 1 is 0.970 bits per heavy atom. The SMILES string of the molecule is CCCCCCn1c(=O)c2c(ncn2O[C@H]2O[C@H](CO)[C@@H](O)[C@H]2O)n(CCCCCC)c1=O. The van der Waals surface area contributed by atoms with Crippen molar-refractivity contribution in [3.63, 3.8) is 0 Å². The summed E-state index contributed by atoms with van der Waals surface area (Å²) in [6, 6.07) is 0. The molecule has 1 saturated heterocycles. The Labute approximate surface area is 192 Å². The number of nitrogens with zero attached hydrogens (tertiary/aromatic N) is 4. The molecule has 3 N–H and O–H groups in total. The van der Waals surface area contributed by atoms with E-state index in [0.29, 0.717) is 19.5 Å². The molecule has 2 aromatic heterocycles. The van der Waals surface area contributed by atoms with Gasteiger partial charge in [0.25, 0.3) is 11.8 Å². The van der Waals surface area contributed by atoms with Crippen molar-refractivity contribution in [2.45, 2.75) is 103 Å². The van der Waals surface area contributed by atoms with Crippen LogP contribution in [0.1, 0.15) is 65.2 Å². The van der Waals surface area contributed by atoms with Gasteiger partial charge in [-0.05, 0) is 12.8 Å². The predicted octanol–water partition coefficient (Wildman–Crippen LogP) is 0.388. The van der Waals surface area contributed by atoms with Gasteiger partial charge < -0.3 is 24.9 Å². The van der Waals surface area contributed by atoms with Crippen LogP contribution in [0.2, 0.25) is 0 Å². The summed E-state index contributed by atoms with van der Waals surface area (Å²) >= 11 is 0. The second kappa shape index (κ2) is 11.8. The number of rotatable bonds is 13. The van der Waals surface area contributed by atoms with Crippen molar-refractivity contribution >= 4 is 11.2 Å². The predicted molar refractivity (Wildman–Crippen MR) is 121 cm³/mol. The van der Waals surface area contributed by atoms with Crippen LogP contribution < -0.4 is 16.1 Å². The highest BCUT2D eigenvalue weighted by molar-refractivity contribution is 5.69. The van der Waals surface area contributed by atoms with Crippen LogP contribution in [-0.2, 0) is 17.8 Å². The summed E-state index contributed by atoms with van der Waals surface area (Å²) in [6.45, 7) is 4.43. The van der Waals surface area contributed by atoms with Gasteiger partial charge in [-0.1, -0.05) is 52.4 Å². The summed E-state index contributed by atoms with van der Waals surface area (Å²) in [7, 11) is 0. The maximum Gasteiger partial charge on any atom is 0.332 e. The van der Waals surface area contributed by atoms with Crippen molar-refractivity contribution < 1.29 is 24.9 Å². The number of hydrogen-bond donors (Lipinski definition) is 3. The van der Waals surface area contributed by atoms with Crippen LogP contribution in [0, 0.1) is 0 Å². The first-order valence-electron chi connectivity index (χ1n) is 11.9. The molecule has 0 aromatic carbocycles. The first-order chi connectivity index (χ1) is 15.9. The topological polar surface area (TPSA) is 141 Å². The summed E-state index contributed by atoms with van der Waals surface area (Å²) in [4.78, 5) is 36.3. The molecule has 3 heterocycles. The summed E-state index contributed by atoms with van der Waals surface area (Å²) in [5.74, 6) is 0. The number of aromatic nitrogens is 4. The number of fused-ring (bicyclic) bond motifs is 1. The molecule has 0 spiro atoms. The Balaban J connectivity index is 1.97. The summed E-state index contributed by atoms with van der Waals surface area (Å²) in [6.07, 6.45) is 3.72. The van der Waals surface area contributed by atoms with E-state index in [1.165, 1.54) is 15.5 Å². The number of aryl methyl sites for hydroxylation is 1. The highest BCUT2D eigenvalue weighted by Crippen LogP contribution is 2.21. The molecule has 11 nitrogen and oxygen atoms in total. The Morgan fingerprint density at radius 2 is 1.61 bits per heavy atom. The molecule has 0 amide bonds. The fourth-order valence-corrected chi connectivity index (χ4v) is 4.10. The van der Waals surface area contributed by atoms with Crippen LogP contribution >= 0.6 is 0 Å². The van der Waals surface area contributed by atoms with Gasteiger partial charge in [-0.25, -0.2) is 9.78 Å². The zero-order valence-electron chi connectivity index (χ0n) is 19.4. The lowest BCUT2D eigenvalue weighted by Crippen LogP contribution is -2.42. The molecule has 0 saturated carbocycles. The number of aliphatic hydroxyl groups is 3. The normalized spacial score (nSPS) is 22.9. The van der Waals surface area contributed by atoms with E-state index in [9.17, 15) is 24.9 Å². The van der Waals surface area contributed by atoms with Crippen LogP contribution in [-0.4, -0.2) is 65.4 Å². The van der Waals surface area contributed by atoms with E-state index < -0.39 is 42.5 Å². The second-order valence-corrected chi connectivity index (χ2v) is 8.57. The number of ether oxygens (including phenoxy) is 1. The summed E-state index contributed by atoms with van der Waals surface area (Å²) in [5, 5.41) is 29.5. The lowest BCUT2D eigenvalue weighted by molar-refractivity contribution is -0.168. The van der Waals surface area contributed by atoms with Crippen LogP contribution in [0.15, 0.2) is 15.9 Å². The summed E-state index contributed by atoms with van der Waals surface area (Å²) in [5.41, 5.74) is -0.643. The molecule has 186 valence electrons. The molecule has 4 atom stereocenters. The lowest BCUT2D eigenvalue weighted by atomic mass is 10.1. The molecule has 33 heavy (non-hydrogen) atoms. The molecule has 1 fully saturated rings. The largest absolute Gasteiger partial charge is 0.394 e. The van der Waals surface area contributed by atoms with Gasteiger partial charge in [0.1, 0.15) is 24.6 Å². The molecule has 0 aliphatic carbocycles. The molecule has 3 rings (SSSR count). The van der Waals surface area contributed by atoms with Gasteiger partial charge in [0.15, 0.2) is 11.2 Å². The second-order valence-electron chi connectivity index (χ2n) is 8.57. The highest BCUT2D eigenvalue weighted by atomic mass is 16.8. The average Bonchev–Trinajstić information content (AvgIpc) is 3.34. The van der Waals surface area contributed by atoms with E-state index in [-0.39, 0.29) is 11.2 Å². The van der Waals surface area contributed by atoms with Gasteiger partial charge >= 0.3 is 5.69 Å². The standard InChI is InChI=1S/C22H36N4O7/c1-3-5-7-9-11-24-19-16(20(30)25(22(24)31)12-10-8-6-4-2)26(14-23-19)33-21-18(29)17(28)15(13-27)32-21/h14-15,17-18,21,27-29H,3-13H2,1-2H3/t15-,17-,18-,21-/m1/s1. The van der Waals surface area contributed by atoms with Gasteiger partial charge in [-0.15, -0.1) is 0 Å². The number of unbranched alkanes of at least 4 members (excludes halogenated alkanes) is 6. The molecule has 2 aromatic rings. The van der Waals surface area contributed by atoms with Crippen molar-refractivity contribution in [1.29, 1.82) is 0 Å². The Hall–Kier alpha value is -2.21. The van der Waals surface area contributed by atoms with Gasteiger partial charge in [-0.2, -0.15) is 4.73 Å². The molecule has 0 unspecified atom stereocenters. The maximum atomic E-state index is 13.3. The first-order valence-corrected chi connectivity index (χ1v) is 11.9. The monoisotopic (exact) mass is 468 g/mol. The average molecular weight is 469 g/mol. The fourth-order valence-electron chi connectivity index (χ4n) is 4.10. The maximum absolute atomic E-state index is 13.3. The third kappa shape index (κ3) is 5.48. The Morgan fingerprint density at radius 3 is 2.18 bits per heavy atom. The van der Waals surface area contributed by atoms with Crippen LogP contribution in [0.5, 0.6) is 0 Å². The van der Waals surface area contributed by atoms with E-state index >= 15 is 0 Å². The molecule has 0 bridgehead atoms. The quantitative estimate of drug-likeness (QED) is 0.359. The van der Waals surface area contributed by atoms with Gasteiger partial charge in [-0.3, -0.25) is 13.9 Å². The third-order valence-corrected chi connectivity index (χ3v) is 6.07. The molecule has 1 aliphatic heterocycles. The van der Waals surface area contributed by atoms with Crippen molar-refractivity contribution in [3.8, 4) is 0 Å². The van der Waals surface area contributed by atoms with Gasteiger partial charge in [0.2, 0.25) is 0 Å². The minimum absolute atomic E-state index is 0.0679. The van der Waals surface area contributed by atoms with Gasteiger partial charge in [0.05, 0.1) is 6.61 Å². The minimum atomic E-state index is -1.42. The van der Waals surface area contributed by atoms with Crippen LogP contribution in [0.25, 0.3) is 11.2 Å². The third-order valence-electron chi connectivity index (χ3n) is 6.07. The van der Waals surface area contributed by atoms with Crippen molar-refractivity contribution in [3.05, 3.63) is 27.2 Å².